The minimum Gasteiger partial charge on any atom is -0.480 e. The molecule has 6 heteroatoms. The third-order valence-corrected chi connectivity index (χ3v) is 3.67. The average molecular weight is 318 g/mol. The first-order valence-corrected chi connectivity index (χ1v) is 7.81. The lowest BCUT2D eigenvalue weighted by atomic mass is 10.0. The summed E-state index contributed by atoms with van der Waals surface area (Å²) in [5.74, 6) is -1.19. The van der Waals surface area contributed by atoms with E-state index in [1.807, 2.05) is 13.8 Å². The van der Waals surface area contributed by atoms with Crippen LogP contribution in [0.2, 0.25) is 0 Å². The molecule has 1 fully saturated rings. The fourth-order valence-electron chi connectivity index (χ4n) is 2.23. The summed E-state index contributed by atoms with van der Waals surface area (Å²) in [4.78, 5) is 35.0. The van der Waals surface area contributed by atoms with Crippen molar-refractivity contribution in [3.63, 3.8) is 0 Å². The highest BCUT2D eigenvalue weighted by Crippen LogP contribution is 2.30. The van der Waals surface area contributed by atoms with Crippen molar-refractivity contribution in [1.29, 1.82) is 0 Å². The van der Waals surface area contributed by atoms with Crippen molar-refractivity contribution < 1.29 is 19.5 Å². The van der Waals surface area contributed by atoms with Gasteiger partial charge in [0, 0.05) is 17.2 Å². The lowest BCUT2D eigenvalue weighted by Crippen LogP contribution is -2.41. The van der Waals surface area contributed by atoms with Crippen LogP contribution in [-0.2, 0) is 9.59 Å². The lowest BCUT2D eigenvalue weighted by molar-refractivity contribution is -0.139. The fraction of sp³-hybridized carbons (Fsp3) is 0.471. The minimum absolute atomic E-state index is 0.00470. The van der Waals surface area contributed by atoms with Gasteiger partial charge in [0.15, 0.2) is 0 Å². The van der Waals surface area contributed by atoms with Crippen LogP contribution in [0, 0.1) is 11.8 Å². The van der Waals surface area contributed by atoms with Gasteiger partial charge in [-0.15, -0.1) is 0 Å². The monoisotopic (exact) mass is 318 g/mol. The highest BCUT2D eigenvalue weighted by molar-refractivity contribution is 5.98. The SMILES string of the molecule is CC(C)C[C@@H](NC(=O)c1ccc(NC(=O)C2CC2)cc1)C(=O)O. The van der Waals surface area contributed by atoms with Crippen LogP contribution in [0.15, 0.2) is 24.3 Å². The van der Waals surface area contributed by atoms with E-state index in [9.17, 15) is 14.4 Å². The molecule has 0 aliphatic heterocycles. The molecule has 1 aliphatic carbocycles. The summed E-state index contributed by atoms with van der Waals surface area (Å²) >= 11 is 0. The number of hydrogen-bond acceptors (Lipinski definition) is 3. The molecule has 0 aromatic heterocycles. The van der Waals surface area contributed by atoms with Gasteiger partial charge in [-0.25, -0.2) is 4.79 Å². The van der Waals surface area contributed by atoms with Crippen LogP contribution in [0.5, 0.6) is 0 Å². The molecule has 124 valence electrons. The van der Waals surface area contributed by atoms with Gasteiger partial charge in [0.1, 0.15) is 6.04 Å². The van der Waals surface area contributed by atoms with Gasteiger partial charge in [-0.3, -0.25) is 9.59 Å². The molecule has 3 N–H and O–H groups in total. The molecule has 2 rings (SSSR count). The summed E-state index contributed by atoms with van der Waals surface area (Å²) in [7, 11) is 0. The van der Waals surface area contributed by atoms with Gasteiger partial charge in [-0.2, -0.15) is 0 Å². The second-order valence-electron chi connectivity index (χ2n) is 6.33. The van der Waals surface area contributed by atoms with E-state index < -0.39 is 17.9 Å². The lowest BCUT2D eigenvalue weighted by Gasteiger charge is -2.16. The van der Waals surface area contributed by atoms with E-state index in [0.717, 1.165) is 12.8 Å². The van der Waals surface area contributed by atoms with Crippen LogP contribution >= 0.6 is 0 Å². The summed E-state index contributed by atoms with van der Waals surface area (Å²) in [6.07, 6.45) is 2.23. The Balaban J connectivity index is 1.95. The zero-order chi connectivity index (χ0) is 17.0. The van der Waals surface area contributed by atoms with Gasteiger partial charge in [0.2, 0.25) is 5.91 Å². The normalized spacial score (nSPS) is 15.1. The third-order valence-electron chi connectivity index (χ3n) is 3.67. The molecular weight excluding hydrogens is 296 g/mol. The van der Waals surface area contributed by atoms with Crippen LogP contribution < -0.4 is 10.6 Å². The second-order valence-corrected chi connectivity index (χ2v) is 6.33. The minimum atomic E-state index is -1.04. The molecule has 2 amide bonds. The number of benzene rings is 1. The summed E-state index contributed by atoms with van der Waals surface area (Å²) < 4.78 is 0. The number of amides is 2. The van der Waals surface area contributed by atoms with Crippen LogP contribution in [0.1, 0.15) is 43.5 Å². The number of carboxylic acid groups (broad SMARTS) is 1. The first kappa shape index (κ1) is 17.0. The van der Waals surface area contributed by atoms with Gasteiger partial charge in [0.05, 0.1) is 0 Å². The summed E-state index contributed by atoms with van der Waals surface area (Å²) in [6, 6.07) is 5.54. The van der Waals surface area contributed by atoms with Gasteiger partial charge in [-0.05, 0) is 49.4 Å². The van der Waals surface area contributed by atoms with Crippen molar-refractivity contribution in [2.45, 2.75) is 39.2 Å². The van der Waals surface area contributed by atoms with Crippen molar-refractivity contribution in [3.05, 3.63) is 29.8 Å². The molecule has 1 aromatic rings. The molecule has 0 radical (unpaired) electrons. The molecule has 0 bridgehead atoms. The summed E-state index contributed by atoms with van der Waals surface area (Å²) in [5, 5.41) is 14.5. The van der Waals surface area contributed by atoms with E-state index in [1.54, 1.807) is 24.3 Å². The van der Waals surface area contributed by atoms with Crippen LogP contribution in [-0.4, -0.2) is 28.9 Å². The maximum Gasteiger partial charge on any atom is 0.326 e. The van der Waals surface area contributed by atoms with Gasteiger partial charge in [-0.1, -0.05) is 13.8 Å². The van der Waals surface area contributed by atoms with Crippen molar-refractivity contribution in [3.8, 4) is 0 Å². The smallest absolute Gasteiger partial charge is 0.326 e. The molecule has 1 aliphatic rings. The molecule has 1 atom stereocenters. The predicted molar refractivity (Wildman–Crippen MR) is 86.1 cm³/mol. The van der Waals surface area contributed by atoms with Crippen molar-refractivity contribution in [2.24, 2.45) is 11.8 Å². The van der Waals surface area contributed by atoms with E-state index in [2.05, 4.69) is 10.6 Å². The van der Waals surface area contributed by atoms with Crippen molar-refractivity contribution in [2.75, 3.05) is 5.32 Å². The van der Waals surface area contributed by atoms with Crippen molar-refractivity contribution >= 4 is 23.5 Å². The molecule has 0 saturated heterocycles. The average Bonchev–Trinajstić information content (AvgIpc) is 3.31. The van der Waals surface area contributed by atoms with Crippen LogP contribution in [0.25, 0.3) is 0 Å². The maximum atomic E-state index is 12.1. The fourth-order valence-corrected chi connectivity index (χ4v) is 2.23. The quantitative estimate of drug-likeness (QED) is 0.718. The van der Waals surface area contributed by atoms with E-state index in [1.165, 1.54) is 0 Å². The zero-order valence-electron chi connectivity index (χ0n) is 13.3. The van der Waals surface area contributed by atoms with Crippen LogP contribution in [0.4, 0.5) is 5.69 Å². The Bertz CT molecular complexity index is 591. The molecule has 6 nitrogen and oxygen atoms in total. The standard InChI is InChI=1S/C17H22N2O4/c1-10(2)9-14(17(22)23)19-16(21)12-5-7-13(8-6-12)18-15(20)11-3-4-11/h5-8,10-11,14H,3-4,9H2,1-2H3,(H,18,20)(H,19,21)(H,22,23)/t14-/m1/s1. The molecule has 0 heterocycles. The predicted octanol–water partition coefficient (Wildman–Crippen LogP) is 2.26. The Morgan fingerprint density at radius 1 is 1.17 bits per heavy atom. The van der Waals surface area contributed by atoms with E-state index in [-0.39, 0.29) is 17.7 Å². The number of anilines is 1. The zero-order valence-corrected chi connectivity index (χ0v) is 13.3. The molecule has 0 unspecified atom stereocenters. The third kappa shape index (κ3) is 5.09. The number of hydrogen-bond donors (Lipinski definition) is 3. The first-order valence-electron chi connectivity index (χ1n) is 7.81. The first-order chi connectivity index (χ1) is 10.9. The Morgan fingerprint density at radius 2 is 1.78 bits per heavy atom. The molecule has 1 saturated carbocycles. The Hall–Kier alpha value is -2.37. The topological polar surface area (TPSA) is 95.5 Å². The maximum absolute atomic E-state index is 12.1. The van der Waals surface area contributed by atoms with Gasteiger partial charge in [0.25, 0.3) is 5.91 Å². The number of aliphatic carboxylic acids is 1. The number of carbonyl (C=O) groups is 3. The van der Waals surface area contributed by atoms with Crippen LogP contribution in [0.3, 0.4) is 0 Å². The Morgan fingerprint density at radius 3 is 2.26 bits per heavy atom. The Kier molecular flexibility index (Phi) is 5.36. The number of nitrogens with one attached hydrogen (secondary N) is 2. The van der Waals surface area contributed by atoms with E-state index in [4.69, 9.17) is 5.11 Å². The number of carbonyl (C=O) groups excluding carboxylic acids is 2. The summed E-state index contributed by atoms with van der Waals surface area (Å²) in [5.41, 5.74) is 1.000. The molecular formula is C17H22N2O4. The highest BCUT2D eigenvalue weighted by atomic mass is 16.4. The molecule has 23 heavy (non-hydrogen) atoms. The van der Waals surface area contributed by atoms with Gasteiger partial charge >= 0.3 is 5.97 Å². The van der Waals surface area contributed by atoms with E-state index in [0.29, 0.717) is 17.7 Å². The Labute approximate surface area is 135 Å². The summed E-state index contributed by atoms with van der Waals surface area (Å²) in [6.45, 7) is 3.80. The van der Waals surface area contributed by atoms with E-state index >= 15 is 0 Å². The number of carboxylic acids is 1. The van der Waals surface area contributed by atoms with Crippen molar-refractivity contribution in [1.82, 2.24) is 5.32 Å². The largest absolute Gasteiger partial charge is 0.480 e. The molecule has 0 spiro atoms. The highest BCUT2D eigenvalue weighted by Gasteiger charge is 2.29. The number of rotatable bonds is 7. The molecule has 1 aromatic carbocycles. The van der Waals surface area contributed by atoms with Gasteiger partial charge < -0.3 is 15.7 Å². The second kappa shape index (κ2) is 7.26.